The van der Waals surface area contributed by atoms with E-state index in [1.807, 2.05) is 6.92 Å². The molecule has 0 radical (unpaired) electrons. The van der Waals surface area contributed by atoms with Gasteiger partial charge in [-0.3, -0.25) is 9.79 Å². The Morgan fingerprint density at radius 2 is 2.07 bits per heavy atom. The van der Waals surface area contributed by atoms with Crippen LogP contribution >= 0.6 is 0 Å². The van der Waals surface area contributed by atoms with Crippen LogP contribution in [-0.4, -0.2) is 75.9 Å². The molecule has 8 nitrogen and oxygen atoms in total. The molecule has 1 saturated heterocycles. The number of carbonyl (C=O) groups excluding carboxylic acids is 1. The van der Waals surface area contributed by atoms with Crippen molar-refractivity contribution in [3.8, 4) is 0 Å². The Bertz CT molecular complexity index is 624. The second kappa shape index (κ2) is 13.2. The lowest BCUT2D eigenvalue weighted by Gasteiger charge is -2.34. The summed E-state index contributed by atoms with van der Waals surface area (Å²) < 4.78 is 16.2. The van der Waals surface area contributed by atoms with E-state index >= 15 is 0 Å². The first-order valence-electron chi connectivity index (χ1n) is 10.6. The number of likely N-dealkylation sites (tertiary alicyclic amines) is 1. The van der Waals surface area contributed by atoms with Gasteiger partial charge in [0.2, 0.25) is 0 Å². The highest BCUT2D eigenvalue weighted by Crippen LogP contribution is 2.14. The normalized spacial score (nSPS) is 15.6. The number of hydrogen-bond donors (Lipinski definition) is 2. The predicted molar refractivity (Wildman–Crippen MR) is 113 cm³/mol. The largest absolute Gasteiger partial charge is 0.459 e. The van der Waals surface area contributed by atoms with Crippen LogP contribution in [0.2, 0.25) is 0 Å². The van der Waals surface area contributed by atoms with Crippen LogP contribution in [0, 0.1) is 6.92 Å². The third-order valence-electron chi connectivity index (χ3n) is 4.87. The number of amides is 1. The van der Waals surface area contributed by atoms with Crippen LogP contribution in [0.1, 0.15) is 48.7 Å². The Balaban J connectivity index is 1.68. The van der Waals surface area contributed by atoms with Crippen molar-refractivity contribution >= 4 is 11.9 Å². The Kier molecular flexibility index (Phi) is 10.6. The molecule has 0 bridgehead atoms. The second-order valence-corrected chi connectivity index (χ2v) is 7.18. The molecule has 1 aliphatic heterocycles. The van der Waals surface area contributed by atoms with Gasteiger partial charge in [-0.25, -0.2) is 0 Å². The van der Waals surface area contributed by atoms with Crippen LogP contribution in [0.4, 0.5) is 0 Å². The van der Waals surface area contributed by atoms with Crippen LogP contribution in [0.25, 0.3) is 0 Å². The molecule has 0 aliphatic carbocycles. The third kappa shape index (κ3) is 8.06. The van der Waals surface area contributed by atoms with E-state index in [-0.39, 0.29) is 5.91 Å². The molecule has 0 spiro atoms. The highest BCUT2D eigenvalue weighted by molar-refractivity contribution is 5.92. The fourth-order valence-corrected chi connectivity index (χ4v) is 3.26. The number of nitrogens with one attached hydrogen (secondary N) is 2. The van der Waals surface area contributed by atoms with E-state index in [1.54, 1.807) is 13.2 Å². The lowest BCUT2D eigenvalue weighted by molar-refractivity contribution is 0.00990. The van der Waals surface area contributed by atoms with Gasteiger partial charge in [0.15, 0.2) is 11.7 Å². The summed E-state index contributed by atoms with van der Waals surface area (Å²) in [4.78, 5) is 19.1. The van der Waals surface area contributed by atoms with E-state index in [9.17, 15) is 4.79 Å². The number of piperidine rings is 1. The Morgan fingerprint density at radius 1 is 1.28 bits per heavy atom. The minimum absolute atomic E-state index is 0.170. The monoisotopic (exact) mass is 408 g/mol. The molecule has 1 aromatic heterocycles. The lowest BCUT2D eigenvalue weighted by atomic mass is 10.1. The van der Waals surface area contributed by atoms with Gasteiger partial charge in [-0.05, 0) is 45.6 Å². The highest BCUT2D eigenvalue weighted by atomic mass is 16.5. The molecule has 0 aromatic carbocycles. The Labute approximate surface area is 174 Å². The Morgan fingerprint density at radius 3 is 2.72 bits per heavy atom. The van der Waals surface area contributed by atoms with Gasteiger partial charge < -0.3 is 29.4 Å². The van der Waals surface area contributed by atoms with Crippen molar-refractivity contribution in [2.45, 2.75) is 45.6 Å². The molecule has 1 aliphatic rings. The second-order valence-electron chi connectivity index (χ2n) is 7.18. The molecular formula is C21H36N4O4. The first-order valence-corrected chi connectivity index (χ1v) is 10.6. The van der Waals surface area contributed by atoms with Crippen LogP contribution in [0.15, 0.2) is 21.7 Å². The fourth-order valence-electron chi connectivity index (χ4n) is 3.26. The summed E-state index contributed by atoms with van der Waals surface area (Å²) in [5.41, 5.74) is 0.848. The average Bonchev–Trinajstić information content (AvgIpc) is 3.16. The summed E-state index contributed by atoms with van der Waals surface area (Å²) in [5.74, 6) is 1.16. The van der Waals surface area contributed by atoms with Gasteiger partial charge >= 0.3 is 0 Å². The maximum Gasteiger partial charge on any atom is 0.287 e. The van der Waals surface area contributed by atoms with Crippen molar-refractivity contribution in [3.05, 3.63) is 23.7 Å². The number of guanidine groups is 1. The Hall–Kier alpha value is -2.06. The first-order chi connectivity index (χ1) is 14.2. The fraction of sp³-hybridized carbons (Fsp3) is 0.714. The van der Waals surface area contributed by atoms with Crippen molar-refractivity contribution < 1.29 is 18.7 Å². The summed E-state index contributed by atoms with van der Waals surface area (Å²) in [5, 5.41) is 6.26. The molecule has 2 N–H and O–H groups in total. The van der Waals surface area contributed by atoms with E-state index in [4.69, 9.17) is 18.9 Å². The van der Waals surface area contributed by atoms with Crippen LogP contribution in [0.5, 0.6) is 0 Å². The van der Waals surface area contributed by atoms with Crippen LogP contribution < -0.4 is 10.6 Å². The number of nitrogens with zero attached hydrogens (tertiary/aromatic N) is 2. The van der Waals surface area contributed by atoms with Crippen LogP contribution in [-0.2, 0) is 9.47 Å². The number of ether oxygens (including phenoxy) is 2. The quantitative estimate of drug-likeness (QED) is 0.332. The van der Waals surface area contributed by atoms with Crippen molar-refractivity contribution in [3.63, 3.8) is 0 Å². The molecule has 29 heavy (non-hydrogen) atoms. The minimum Gasteiger partial charge on any atom is -0.459 e. The molecule has 0 atom stereocenters. The molecule has 8 heteroatoms. The molecular weight excluding hydrogens is 372 g/mol. The van der Waals surface area contributed by atoms with Gasteiger partial charge in [-0.2, -0.15) is 0 Å². The number of aryl methyl sites for hydroxylation is 1. The van der Waals surface area contributed by atoms with E-state index in [0.29, 0.717) is 25.0 Å². The van der Waals surface area contributed by atoms with Gasteiger partial charge in [-0.1, -0.05) is 0 Å². The minimum atomic E-state index is -0.170. The highest BCUT2D eigenvalue weighted by Gasteiger charge is 2.21. The predicted octanol–water partition coefficient (Wildman–Crippen LogP) is 2.19. The summed E-state index contributed by atoms with van der Waals surface area (Å²) in [6.07, 6.45) is 5.60. The molecule has 0 saturated carbocycles. The van der Waals surface area contributed by atoms with E-state index in [0.717, 1.165) is 70.1 Å². The van der Waals surface area contributed by atoms with Crippen molar-refractivity contribution in [1.29, 1.82) is 0 Å². The van der Waals surface area contributed by atoms with Gasteiger partial charge in [0.1, 0.15) is 0 Å². The summed E-state index contributed by atoms with van der Waals surface area (Å²) >= 11 is 0. The molecule has 1 amide bonds. The van der Waals surface area contributed by atoms with Gasteiger partial charge in [0.05, 0.1) is 12.4 Å². The molecule has 0 unspecified atom stereocenters. The molecule has 2 heterocycles. The maximum atomic E-state index is 12.0. The zero-order chi connectivity index (χ0) is 20.9. The summed E-state index contributed by atoms with van der Waals surface area (Å²) in [6, 6.07) is 1.79. The topological polar surface area (TPSA) is 88.3 Å². The lowest BCUT2D eigenvalue weighted by Crippen LogP contribution is -2.47. The number of aliphatic imine (C=N–C) groups is 1. The van der Waals surface area contributed by atoms with Gasteiger partial charge in [0, 0.05) is 58.6 Å². The SMILES string of the molecule is CCNC(=NCCCNC(=O)c1occc1C)N1CCC(OCCCOC)CC1. The molecule has 2 rings (SSSR count). The number of rotatable bonds is 11. The molecule has 164 valence electrons. The average molecular weight is 409 g/mol. The van der Waals surface area contributed by atoms with Crippen LogP contribution in [0.3, 0.4) is 0 Å². The van der Waals surface area contributed by atoms with E-state index in [1.165, 1.54) is 6.26 Å². The van der Waals surface area contributed by atoms with E-state index < -0.39 is 0 Å². The first kappa shape index (κ1) is 23.2. The summed E-state index contributed by atoms with van der Waals surface area (Å²) in [6.45, 7) is 9.39. The third-order valence-corrected chi connectivity index (χ3v) is 4.87. The molecule has 1 aromatic rings. The number of methoxy groups -OCH3 is 1. The van der Waals surface area contributed by atoms with Crippen molar-refractivity contribution in [2.24, 2.45) is 4.99 Å². The standard InChI is InChI=1S/C21H36N4O4/c1-4-22-21(25-12-7-18(8-13-25)28-15-6-14-27-3)24-11-5-10-23-20(26)19-17(2)9-16-29-19/h9,16,18H,4-8,10-15H2,1-3H3,(H,22,24)(H,23,26). The smallest absolute Gasteiger partial charge is 0.287 e. The number of hydrogen-bond acceptors (Lipinski definition) is 5. The number of carbonyl (C=O) groups is 1. The van der Waals surface area contributed by atoms with Gasteiger partial charge in [0.25, 0.3) is 5.91 Å². The van der Waals surface area contributed by atoms with Crippen molar-refractivity contribution in [2.75, 3.05) is 53.0 Å². The number of furan rings is 1. The zero-order valence-corrected chi connectivity index (χ0v) is 18.0. The zero-order valence-electron chi connectivity index (χ0n) is 18.0. The maximum absolute atomic E-state index is 12.0. The molecule has 1 fully saturated rings. The summed E-state index contributed by atoms with van der Waals surface area (Å²) in [7, 11) is 1.72. The van der Waals surface area contributed by atoms with Gasteiger partial charge in [-0.15, -0.1) is 0 Å². The van der Waals surface area contributed by atoms with E-state index in [2.05, 4.69) is 22.5 Å². The van der Waals surface area contributed by atoms with Crippen molar-refractivity contribution in [1.82, 2.24) is 15.5 Å².